The SMILES string of the molecule is CC(C)NC1=NSc2cc([N+](=O)[O-])ccc2N1. The summed E-state index contributed by atoms with van der Waals surface area (Å²) >= 11 is 1.23. The Morgan fingerprint density at radius 2 is 2.29 bits per heavy atom. The number of hydrogen-bond acceptors (Lipinski definition) is 6. The van der Waals surface area contributed by atoms with E-state index in [1.54, 1.807) is 6.07 Å². The molecular formula is C10H12N4O2S. The van der Waals surface area contributed by atoms with Crippen molar-refractivity contribution in [1.82, 2.24) is 5.32 Å². The maximum absolute atomic E-state index is 10.6. The number of nitrogens with zero attached hydrogens (tertiary/aromatic N) is 2. The normalized spacial score (nSPS) is 13.7. The maximum Gasteiger partial charge on any atom is 0.270 e. The molecule has 0 fully saturated rings. The summed E-state index contributed by atoms with van der Waals surface area (Å²) in [6.45, 7) is 4.03. The van der Waals surface area contributed by atoms with Crippen molar-refractivity contribution in [1.29, 1.82) is 0 Å². The van der Waals surface area contributed by atoms with E-state index >= 15 is 0 Å². The first-order valence-corrected chi connectivity index (χ1v) is 5.90. The topological polar surface area (TPSA) is 79.6 Å². The first kappa shape index (κ1) is 11.7. The van der Waals surface area contributed by atoms with Crippen molar-refractivity contribution in [3.63, 3.8) is 0 Å². The van der Waals surface area contributed by atoms with Crippen LogP contribution in [0, 0.1) is 10.1 Å². The fourth-order valence-corrected chi connectivity index (χ4v) is 2.06. The van der Waals surface area contributed by atoms with Crippen molar-refractivity contribution in [2.45, 2.75) is 24.8 Å². The number of nitro benzene ring substituents is 1. The van der Waals surface area contributed by atoms with Crippen molar-refractivity contribution < 1.29 is 4.92 Å². The molecule has 0 spiro atoms. The van der Waals surface area contributed by atoms with Crippen LogP contribution >= 0.6 is 11.9 Å². The van der Waals surface area contributed by atoms with Crippen LogP contribution in [0.15, 0.2) is 27.5 Å². The van der Waals surface area contributed by atoms with Gasteiger partial charge in [-0.2, -0.15) is 4.40 Å². The molecule has 0 amide bonds. The van der Waals surface area contributed by atoms with Crippen LogP contribution in [-0.4, -0.2) is 16.9 Å². The molecule has 0 radical (unpaired) electrons. The molecule has 1 aliphatic rings. The summed E-state index contributed by atoms with van der Waals surface area (Å²) in [5.74, 6) is 0.673. The predicted octanol–water partition coefficient (Wildman–Crippen LogP) is 2.38. The molecule has 17 heavy (non-hydrogen) atoms. The van der Waals surface area contributed by atoms with E-state index in [0.717, 1.165) is 10.6 Å². The van der Waals surface area contributed by atoms with E-state index in [9.17, 15) is 10.1 Å². The van der Waals surface area contributed by atoms with Crippen LogP contribution in [0.25, 0.3) is 0 Å². The molecule has 0 atom stereocenters. The smallest absolute Gasteiger partial charge is 0.270 e. The Morgan fingerprint density at radius 1 is 1.53 bits per heavy atom. The monoisotopic (exact) mass is 252 g/mol. The second-order valence-electron chi connectivity index (χ2n) is 3.89. The molecule has 0 saturated carbocycles. The van der Waals surface area contributed by atoms with Gasteiger partial charge in [0.25, 0.3) is 5.69 Å². The van der Waals surface area contributed by atoms with E-state index in [0.29, 0.717) is 5.96 Å². The van der Waals surface area contributed by atoms with Crippen molar-refractivity contribution in [3.8, 4) is 0 Å². The van der Waals surface area contributed by atoms with E-state index < -0.39 is 4.92 Å². The Labute approximate surface area is 103 Å². The largest absolute Gasteiger partial charge is 0.353 e. The molecule has 0 saturated heterocycles. The van der Waals surface area contributed by atoms with Crippen LogP contribution < -0.4 is 10.6 Å². The molecule has 0 bridgehead atoms. The van der Waals surface area contributed by atoms with Crippen molar-refractivity contribution in [2.24, 2.45) is 4.40 Å². The molecule has 0 aromatic heterocycles. The fourth-order valence-electron chi connectivity index (χ4n) is 1.38. The Morgan fingerprint density at radius 3 is 2.94 bits per heavy atom. The summed E-state index contributed by atoms with van der Waals surface area (Å²) in [7, 11) is 0. The Bertz CT molecular complexity index is 487. The number of nitrogens with one attached hydrogen (secondary N) is 2. The van der Waals surface area contributed by atoms with E-state index in [4.69, 9.17) is 0 Å². The molecule has 1 heterocycles. The van der Waals surface area contributed by atoms with Crippen molar-refractivity contribution in [2.75, 3.05) is 5.32 Å². The summed E-state index contributed by atoms with van der Waals surface area (Å²) in [6, 6.07) is 4.96. The summed E-state index contributed by atoms with van der Waals surface area (Å²) < 4.78 is 4.20. The van der Waals surface area contributed by atoms with Crippen LogP contribution in [0.2, 0.25) is 0 Å². The van der Waals surface area contributed by atoms with Crippen molar-refractivity contribution in [3.05, 3.63) is 28.3 Å². The van der Waals surface area contributed by atoms with Crippen LogP contribution in [0.4, 0.5) is 11.4 Å². The number of non-ortho nitro benzene ring substituents is 1. The number of hydrogen-bond donors (Lipinski definition) is 2. The predicted molar refractivity (Wildman–Crippen MR) is 68.3 cm³/mol. The van der Waals surface area contributed by atoms with E-state index in [1.807, 2.05) is 13.8 Å². The summed E-state index contributed by atoms with van der Waals surface area (Å²) in [5.41, 5.74) is 0.910. The van der Waals surface area contributed by atoms with Gasteiger partial charge >= 0.3 is 0 Å². The highest BCUT2D eigenvalue weighted by atomic mass is 32.2. The molecule has 2 rings (SSSR count). The fraction of sp³-hybridized carbons (Fsp3) is 0.300. The highest BCUT2D eigenvalue weighted by Crippen LogP contribution is 2.34. The minimum Gasteiger partial charge on any atom is -0.353 e. The zero-order valence-corrected chi connectivity index (χ0v) is 10.2. The van der Waals surface area contributed by atoms with Crippen molar-refractivity contribution >= 4 is 29.3 Å². The quantitative estimate of drug-likeness (QED) is 0.480. The highest BCUT2D eigenvalue weighted by Gasteiger charge is 2.16. The zero-order valence-electron chi connectivity index (χ0n) is 9.43. The third-order valence-electron chi connectivity index (χ3n) is 2.09. The zero-order chi connectivity index (χ0) is 12.4. The average molecular weight is 252 g/mol. The van der Waals surface area contributed by atoms with Gasteiger partial charge < -0.3 is 10.6 Å². The summed E-state index contributed by atoms with van der Waals surface area (Å²) in [5, 5.41) is 16.9. The molecule has 1 aromatic rings. The minimum absolute atomic E-state index is 0.0773. The van der Waals surface area contributed by atoms with E-state index in [-0.39, 0.29) is 11.7 Å². The lowest BCUT2D eigenvalue weighted by Crippen LogP contribution is -2.36. The first-order chi connectivity index (χ1) is 8.06. The lowest BCUT2D eigenvalue weighted by Gasteiger charge is -2.19. The summed E-state index contributed by atoms with van der Waals surface area (Å²) in [6.07, 6.45) is 0. The third kappa shape index (κ3) is 2.68. The number of nitro groups is 1. The lowest BCUT2D eigenvalue weighted by atomic mass is 10.3. The van der Waals surface area contributed by atoms with Gasteiger partial charge in [-0.1, -0.05) is 0 Å². The van der Waals surface area contributed by atoms with Crippen LogP contribution in [0.5, 0.6) is 0 Å². The number of benzene rings is 1. The standard InChI is InChI=1S/C10H12N4O2S/c1-6(2)11-10-12-8-4-3-7(14(15)16)5-9(8)17-13-10/h3-6H,1-2H3,(H2,11,12,13). The van der Waals surface area contributed by atoms with Gasteiger partial charge in [0.15, 0.2) is 0 Å². The molecular weight excluding hydrogens is 240 g/mol. The molecule has 6 nitrogen and oxygen atoms in total. The highest BCUT2D eigenvalue weighted by molar-refractivity contribution is 7.98. The molecule has 7 heteroatoms. The molecule has 0 aliphatic carbocycles. The number of anilines is 1. The van der Waals surface area contributed by atoms with Gasteiger partial charge in [-0.3, -0.25) is 10.1 Å². The molecule has 1 aliphatic heterocycles. The molecule has 2 N–H and O–H groups in total. The molecule has 90 valence electrons. The van der Waals surface area contributed by atoms with Crippen LogP contribution in [0.1, 0.15) is 13.8 Å². The number of fused-ring (bicyclic) bond motifs is 1. The van der Waals surface area contributed by atoms with Gasteiger partial charge in [0.1, 0.15) is 0 Å². The molecule has 1 aromatic carbocycles. The van der Waals surface area contributed by atoms with E-state index in [1.165, 1.54) is 24.1 Å². The molecule has 0 unspecified atom stereocenters. The summed E-state index contributed by atoms with van der Waals surface area (Å²) in [4.78, 5) is 11.0. The van der Waals surface area contributed by atoms with Crippen LogP contribution in [-0.2, 0) is 0 Å². The van der Waals surface area contributed by atoms with Gasteiger partial charge in [0.2, 0.25) is 5.96 Å². The Hall–Kier alpha value is -1.76. The Kier molecular flexibility index (Phi) is 3.19. The van der Waals surface area contributed by atoms with Crippen LogP contribution in [0.3, 0.4) is 0 Å². The maximum atomic E-state index is 10.6. The minimum atomic E-state index is -0.410. The van der Waals surface area contributed by atoms with E-state index in [2.05, 4.69) is 15.0 Å². The van der Waals surface area contributed by atoms with Gasteiger partial charge in [-0.05, 0) is 19.9 Å². The third-order valence-corrected chi connectivity index (χ3v) is 2.90. The number of guanidine groups is 1. The van der Waals surface area contributed by atoms with Gasteiger partial charge in [-0.25, -0.2) is 0 Å². The number of rotatable bonds is 2. The van der Waals surface area contributed by atoms with Gasteiger partial charge in [0, 0.05) is 30.1 Å². The van der Waals surface area contributed by atoms with Gasteiger partial charge in [-0.15, -0.1) is 0 Å². The Balaban J connectivity index is 2.20. The second-order valence-corrected chi connectivity index (χ2v) is 4.70. The second kappa shape index (κ2) is 4.62. The lowest BCUT2D eigenvalue weighted by molar-refractivity contribution is -0.385. The van der Waals surface area contributed by atoms with Gasteiger partial charge in [0.05, 0.1) is 15.5 Å². The first-order valence-electron chi connectivity index (χ1n) is 5.13. The average Bonchev–Trinajstić information content (AvgIpc) is 2.27.